The van der Waals surface area contributed by atoms with Gasteiger partial charge in [-0.3, -0.25) is 4.98 Å². The second kappa shape index (κ2) is 6.29. The van der Waals surface area contributed by atoms with E-state index in [1.54, 1.807) is 0 Å². The highest BCUT2D eigenvalue weighted by atomic mass is 16.3. The smallest absolute Gasteiger partial charge is 0.0475 e. The molecule has 4 rings (SSSR count). The van der Waals surface area contributed by atoms with E-state index in [1.165, 1.54) is 32.1 Å². The van der Waals surface area contributed by atoms with E-state index in [-0.39, 0.29) is 12.5 Å². The lowest BCUT2D eigenvalue weighted by Gasteiger charge is -2.33. The first kappa shape index (κ1) is 14.6. The molecule has 2 N–H and O–H groups in total. The molecule has 3 nitrogen and oxygen atoms in total. The van der Waals surface area contributed by atoms with Crippen molar-refractivity contribution in [1.82, 2.24) is 10.3 Å². The fraction of sp³-hybridized carbons (Fsp3) is 0.737. The summed E-state index contributed by atoms with van der Waals surface area (Å²) in [4.78, 5) is 4.39. The van der Waals surface area contributed by atoms with Gasteiger partial charge in [0.05, 0.1) is 0 Å². The first-order valence-corrected chi connectivity index (χ1v) is 9.09. The Kier molecular flexibility index (Phi) is 4.19. The third kappa shape index (κ3) is 2.69. The van der Waals surface area contributed by atoms with Crippen LogP contribution in [0.1, 0.15) is 37.8 Å². The van der Waals surface area contributed by atoms with Crippen molar-refractivity contribution in [3.05, 3.63) is 30.1 Å². The highest BCUT2D eigenvalue weighted by Gasteiger charge is 2.53. The predicted octanol–water partition coefficient (Wildman–Crippen LogP) is 2.65. The van der Waals surface area contributed by atoms with Crippen LogP contribution >= 0.6 is 0 Å². The van der Waals surface area contributed by atoms with Crippen molar-refractivity contribution in [2.24, 2.45) is 29.6 Å². The fourth-order valence-electron chi connectivity index (χ4n) is 5.64. The highest BCUT2D eigenvalue weighted by molar-refractivity contribution is 5.07. The fourth-order valence-corrected chi connectivity index (χ4v) is 5.64. The maximum absolute atomic E-state index is 9.68. The summed E-state index contributed by atoms with van der Waals surface area (Å²) in [5.41, 5.74) is 1.09. The number of nitrogens with one attached hydrogen (secondary N) is 1. The van der Waals surface area contributed by atoms with Crippen LogP contribution in [0.3, 0.4) is 0 Å². The summed E-state index contributed by atoms with van der Waals surface area (Å²) in [6.07, 6.45) is 10.0. The van der Waals surface area contributed by atoms with Crippen LogP contribution in [0.15, 0.2) is 24.4 Å². The van der Waals surface area contributed by atoms with E-state index < -0.39 is 0 Å². The molecule has 3 heteroatoms. The SMILES string of the molecule is OC[C@H](CN[C@@H]1C[C@H]2C[C@H]1[C@@H]1CCC[C@H]21)Cc1ccccn1. The van der Waals surface area contributed by atoms with Crippen LogP contribution in [0.25, 0.3) is 0 Å². The average molecular weight is 300 g/mol. The van der Waals surface area contributed by atoms with E-state index in [2.05, 4.69) is 16.4 Å². The lowest BCUT2D eigenvalue weighted by Crippen LogP contribution is -2.42. The number of aliphatic hydroxyl groups is 1. The standard InChI is InChI=1S/C19H28N2O/c22-12-13(8-15-4-1-2-7-20-15)11-21-19-10-14-9-18(19)17-6-3-5-16(14)17/h1-2,4,7,13-14,16-19,21-22H,3,5-6,8-12H2/t13-,14+,16+,17+,18-,19+/m0/s1. The summed E-state index contributed by atoms with van der Waals surface area (Å²) >= 11 is 0. The molecule has 3 fully saturated rings. The summed E-state index contributed by atoms with van der Waals surface area (Å²) in [7, 11) is 0. The number of aliphatic hydroxyl groups excluding tert-OH is 1. The van der Waals surface area contributed by atoms with Crippen molar-refractivity contribution in [3.63, 3.8) is 0 Å². The molecule has 3 saturated carbocycles. The highest BCUT2D eigenvalue weighted by Crippen LogP contribution is 2.58. The topological polar surface area (TPSA) is 45.1 Å². The van der Waals surface area contributed by atoms with Crippen molar-refractivity contribution in [2.75, 3.05) is 13.2 Å². The van der Waals surface area contributed by atoms with Crippen LogP contribution in [0.4, 0.5) is 0 Å². The minimum atomic E-state index is 0.246. The van der Waals surface area contributed by atoms with Crippen molar-refractivity contribution >= 4 is 0 Å². The maximum atomic E-state index is 9.68. The Morgan fingerprint density at radius 3 is 2.91 bits per heavy atom. The molecule has 2 bridgehead atoms. The zero-order chi connectivity index (χ0) is 14.9. The predicted molar refractivity (Wildman–Crippen MR) is 87.4 cm³/mol. The largest absolute Gasteiger partial charge is 0.396 e. The van der Waals surface area contributed by atoms with Crippen molar-refractivity contribution in [1.29, 1.82) is 0 Å². The molecule has 3 aliphatic rings. The summed E-state index contributed by atoms with van der Waals surface area (Å²) in [6.45, 7) is 1.18. The van der Waals surface area contributed by atoms with Gasteiger partial charge in [-0.2, -0.15) is 0 Å². The van der Waals surface area contributed by atoms with Gasteiger partial charge in [-0.1, -0.05) is 12.5 Å². The van der Waals surface area contributed by atoms with Crippen LogP contribution in [0.5, 0.6) is 0 Å². The third-order valence-corrected chi connectivity index (χ3v) is 6.58. The Hall–Kier alpha value is -0.930. The van der Waals surface area contributed by atoms with Gasteiger partial charge in [-0.15, -0.1) is 0 Å². The molecular formula is C19H28N2O. The van der Waals surface area contributed by atoms with Crippen molar-refractivity contribution in [2.45, 2.75) is 44.6 Å². The van der Waals surface area contributed by atoms with E-state index in [1.807, 2.05) is 18.3 Å². The van der Waals surface area contributed by atoms with Crippen LogP contribution in [0.2, 0.25) is 0 Å². The lowest BCUT2D eigenvalue weighted by molar-refractivity contribution is 0.182. The number of aromatic nitrogens is 1. The molecule has 0 amide bonds. The Morgan fingerprint density at radius 2 is 2.09 bits per heavy atom. The second-order valence-electron chi connectivity index (χ2n) is 7.74. The second-order valence-corrected chi connectivity index (χ2v) is 7.74. The summed E-state index contributed by atoms with van der Waals surface area (Å²) in [5.74, 6) is 4.28. The molecule has 0 radical (unpaired) electrons. The van der Waals surface area contributed by atoms with Crippen LogP contribution in [-0.4, -0.2) is 29.3 Å². The van der Waals surface area contributed by atoms with Gasteiger partial charge >= 0.3 is 0 Å². The number of hydrogen-bond acceptors (Lipinski definition) is 3. The number of rotatable bonds is 6. The van der Waals surface area contributed by atoms with Crippen molar-refractivity contribution in [3.8, 4) is 0 Å². The van der Waals surface area contributed by atoms with Gasteiger partial charge in [0.25, 0.3) is 0 Å². The number of pyridine rings is 1. The number of hydrogen-bond donors (Lipinski definition) is 2. The Bertz CT molecular complexity index is 491. The monoisotopic (exact) mass is 300 g/mol. The Balaban J connectivity index is 1.31. The van der Waals surface area contributed by atoms with E-state index in [4.69, 9.17) is 0 Å². The minimum absolute atomic E-state index is 0.246. The molecule has 0 unspecified atom stereocenters. The van der Waals surface area contributed by atoms with E-state index in [9.17, 15) is 5.11 Å². The molecule has 1 aromatic heterocycles. The van der Waals surface area contributed by atoms with Gasteiger partial charge in [0.1, 0.15) is 0 Å². The first-order chi connectivity index (χ1) is 10.8. The Labute approximate surface area is 133 Å². The molecule has 0 saturated heterocycles. The van der Waals surface area contributed by atoms with Gasteiger partial charge < -0.3 is 10.4 Å². The first-order valence-electron chi connectivity index (χ1n) is 9.09. The molecule has 6 atom stereocenters. The summed E-state index contributed by atoms with van der Waals surface area (Å²) < 4.78 is 0. The average Bonchev–Trinajstić information content (AvgIpc) is 3.24. The molecule has 0 spiro atoms. The molecule has 120 valence electrons. The zero-order valence-electron chi connectivity index (χ0n) is 13.3. The molecule has 3 aliphatic carbocycles. The quantitative estimate of drug-likeness (QED) is 0.849. The van der Waals surface area contributed by atoms with E-state index >= 15 is 0 Å². The number of nitrogens with zero attached hydrogens (tertiary/aromatic N) is 1. The lowest BCUT2D eigenvalue weighted by atomic mass is 9.79. The minimum Gasteiger partial charge on any atom is -0.396 e. The molecule has 1 aromatic rings. The summed E-state index contributed by atoms with van der Waals surface area (Å²) in [6, 6.07) is 6.74. The third-order valence-electron chi connectivity index (χ3n) is 6.58. The maximum Gasteiger partial charge on any atom is 0.0475 e. The number of fused-ring (bicyclic) bond motifs is 5. The van der Waals surface area contributed by atoms with E-state index in [0.29, 0.717) is 6.04 Å². The molecular weight excluding hydrogens is 272 g/mol. The molecule has 0 aromatic carbocycles. The van der Waals surface area contributed by atoms with Gasteiger partial charge in [0.2, 0.25) is 0 Å². The van der Waals surface area contributed by atoms with Crippen LogP contribution in [-0.2, 0) is 6.42 Å². The van der Waals surface area contributed by atoms with Crippen molar-refractivity contribution < 1.29 is 5.11 Å². The van der Waals surface area contributed by atoms with E-state index in [0.717, 1.165) is 42.3 Å². The summed E-state index contributed by atoms with van der Waals surface area (Å²) in [5, 5.41) is 13.5. The molecule has 1 heterocycles. The molecule has 0 aliphatic heterocycles. The van der Waals surface area contributed by atoms with Gasteiger partial charge in [-0.25, -0.2) is 0 Å². The zero-order valence-corrected chi connectivity index (χ0v) is 13.3. The van der Waals surface area contributed by atoms with Gasteiger partial charge in [0, 0.05) is 31.1 Å². The molecule has 22 heavy (non-hydrogen) atoms. The van der Waals surface area contributed by atoms with Gasteiger partial charge in [-0.05, 0) is 73.8 Å². The Morgan fingerprint density at radius 1 is 1.18 bits per heavy atom. The normalized spacial score (nSPS) is 37.4. The van der Waals surface area contributed by atoms with Crippen LogP contribution in [0, 0.1) is 29.6 Å². The van der Waals surface area contributed by atoms with Gasteiger partial charge in [0.15, 0.2) is 0 Å². The van der Waals surface area contributed by atoms with Crippen LogP contribution < -0.4 is 5.32 Å².